The first-order chi connectivity index (χ1) is 32.0. The number of carbonyl (C=O) groups is 4. The van der Waals surface area contributed by atoms with Gasteiger partial charge in [-0.1, -0.05) is 0 Å². The summed E-state index contributed by atoms with van der Waals surface area (Å²) < 4.78 is 42.6. The van der Waals surface area contributed by atoms with E-state index in [-0.39, 0.29) is 47.0 Å². The number of piperidine rings is 2. The van der Waals surface area contributed by atoms with Crippen molar-refractivity contribution in [3.8, 4) is 22.5 Å². The van der Waals surface area contributed by atoms with Gasteiger partial charge in [-0.15, -0.1) is 11.8 Å². The Hall–Kier alpha value is -6.56. The van der Waals surface area contributed by atoms with Crippen LogP contribution in [0.25, 0.3) is 33.8 Å². The van der Waals surface area contributed by atoms with E-state index in [0.717, 1.165) is 30.4 Å². The van der Waals surface area contributed by atoms with Crippen molar-refractivity contribution >= 4 is 56.9 Å². The Morgan fingerprint density at radius 2 is 1.12 bits per heavy atom. The van der Waals surface area contributed by atoms with Crippen molar-refractivity contribution in [1.29, 1.82) is 0 Å². The van der Waals surface area contributed by atoms with Gasteiger partial charge in [0.2, 0.25) is 0 Å². The molecule has 24 heteroatoms. The van der Waals surface area contributed by atoms with Gasteiger partial charge >= 0.3 is 12.2 Å². The van der Waals surface area contributed by atoms with Gasteiger partial charge in [0.25, 0.3) is 11.8 Å². The number of amides is 4. The number of aromatic nitrogens is 10. The molecule has 0 spiro atoms. The molecule has 2 atom stereocenters. The van der Waals surface area contributed by atoms with Gasteiger partial charge in [0.05, 0.1) is 36.2 Å². The first-order valence-electron chi connectivity index (χ1n) is 22.0. The van der Waals surface area contributed by atoms with Crippen molar-refractivity contribution in [3.63, 3.8) is 0 Å². The van der Waals surface area contributed by atoms with Gasteiger partial charge in [-0.25, -0.2) is 37.9 Å². The highest BCUT2D eigenvalue weighted by Crippen LogP contribution is 2.27. The lowest BCUT2D eigenvalue weighted by molar-refractivity contribution is 0.0178. The molecule has 2 N–H and O–H groups in total. The third-order valence-corrected chi connectivity index (χ3v) is 12.4. The molecule has 0 bridgehead atoms. The molecule has 2 aliphatic rings. The fraction of sp³-hybridized carbons (Fsp3) is 0.500. The Kier molecular flexibility index (Phi) is 14.2. The Morgan fingerprint density at radius 1 is 0.676 bits per heavy atom. The van der Waals surface area contributed by atoms with Gasteiger partial charge in [0, 0.05) is 94.5 Å². The summed E-state index contributed by atoms with van der Waals surface area (Å²) in [5.41, 5.74) is 2.86. The monoisotopic (exact) mass is 974 g/mol. The van der Waals surface area contributed by atoms with Crippen molar-refractivity contribution in [2.75, 3.05) is 38.7 Å². The number of aryl methyl sites for hydroxylation is 2. The van der Waals surface area contributed by atoms with Crippen molar-refractivity contribution in [3.05, 3.63) is 61.0 Å². The van der Waals surface area contributed by atoms with E-state index < -0.39 is 33.0 Å². The number of hydrogen-bond acceptors (Lipinski definition) is 15. The highest BCUT2D eigenvalue weighted by molar-refractivity contribution is 7.98. The quantitative estimate of drug-likeness (QED) is 0.197. The Morgan fingerprint density at radius 3 is 1.53 bits per heavy atom. The van der Waals surface area contributed by atoms with Gasteiger partial charge in [-0.3, -0.25) is 27.8 Å². The standard InChI is InChI=1S/C22H29N7O5S.C22H29N7O3S/c1-22(2,3)34-21(31)28-8-6-7-15(12-28)25-19(30)16-13-29-17(14-9-24-27(4)11-14)10-23-18(29)20(26-16)35(5,32)33;1-22(2,3)32-21(31)28-8-6-7-15(12-28)25-19(30)16-13-29-17(14-9-24-27(4)11-14)10-23-18(29)20(26-16)33-5/h9-11,13,15H,6-8,12H2,1-5H3,(H,25,30);9-11,13,15H,6-8,12H2,1-5H3,(H,25,30). The van der Waals surface area contributed by atoms with E-state index in [1.165, 1.54) is 28.6 Å². The fourth-order valence-corrected chi connectivity index (χ4v) is 9.02. The predicted octanol–water partition coefficient (Wildman–Crippen LogP) is 4.64. The molecule has 0 radical (unpaired) electrons. The second kappa shape index (κ2) is 19.6. The molecular weight excluding hydrogens is 917 g/mol. The Labute approximate surface area is 398 Å². The molecule has 0 aliphatic carbocycles. The van der Waals surface area contributed by atoms with Crippen LogP contribution < -0.4 is 10.6 Å². The topological polar surface area (TPSA) is 247 Å². The summed E-state index contributed by atoms with van der Waals surface area (Å²) in [4.78, 5) is 71.8. The van der Waals surface area contributed by atoms with Crippen LogP contribution in [0.1, 0.15) is 88.2 Å². The number of nitrogens with zero attached hydrogens (tertiary/aromatic N) is 12. The molecule has 0 aromatic carbocycles. The highest BCUT2D eigenvalue weighted by Gasteiger charge is 2.31. The van der Waals surface area contributed by atoms with Gasteiger partial charge in [-0.05, 0) is 73.5 Å². The summed E-state index contributed by atoms with van der Waals surface area (Å²) in [7, 11) is -0.168. The minimum atomic E-state index is -3.78. The summed E-state index contributed by atoms with van der Waals surface area (Å²) in [6.07, 6.45) is 18.6. The molecule has 68 heavy (non-hydrogen) atoms. The molecule has 4 amide bonds. The molecule has 364 valence electrons. The number of rotatable bonds is 8. The molecule has 2 aliphatic heterocycles. The van der Waals surface area contributed by atoms with Gasteiger partial charge < -0.3 is 29.9 Å². The normalized spacial score (nSPS) is 16.9. The largest absolute Gasteiger partial charge is 0.444 e. The number of nitrogens with one attached hydrogen (secondary N) is 2. The van der Waals surface area contributed by atoms with E-state index in [4.69, 9.17) is 9.47 Å². The van der Waals surface area contributed by atoms with Crippen LogP contribution in [0, 0.1) is 0 Å². The number of carbonyl (C=O) groups excluding carboxylic acids is 4. The average molecular weight is 975 g/mol. The SMILES string of the molecule is CSc1nc(C(=O)NC2CCCN(C(=O)OC(C)(C)C)C2)cn2c(-c3cnn(C)c3)cnc12.Cn1cc(-c2cnc3c(S(C)(=O)=O)nc(C(=O)NC4CCCN(C(=O)OC(C)(C)C)C4)cn23)cn1. The molecule has 0 saturated carbocycles. The number of imidazole rings is 2. The summed E-state index contributed by atoms with van der Waals surface area (Å²) in [6.45, 7) is 12.8. The predicted molar refractivity (Wildman–Crippen MR) is 252 cm³/mol. The van der Waals surface area contributed by atoms with Crippen LogP contribution >= 0.6 is 11.8 Å². The number of hydrogen-bond donors (Lipinski definition) is 2. The summed E-state index contributed by atoms with van der Waals surface area (Å²) in [5, 5.41) is 14.7. The smallest absolute Gasteiger partial charge is 0.410 e. The van der Waals surface area contributed by atoms with Crippen molar-refractivity contribution in [2.45, 2.75) is 101 Å². The van der Waals surface area contributed by atoms with Crippen LogP contribution in [-0.2, 0) is 33.4 Å². The van der Waals surface area contributed by atoms with Gasteiger partial charge in [0.1, 0.15) is 27.6 Å². The summed E-state index contributed by atoms with van der Waals surface area (Å²) >= 11 is 1.43. The Bertz CT molecular complexity index is 2960. The number of ether oxygens (including phenoxy) is 2. The summed E-state index contributed by atoms with van der Waals surface area (Å²) in [6, 6.07) is -0.502. The first-order valence-corrected chi connectivity index (χ1v) is 25.1. The number of thioether (sulfide) groups is 1. The van der Waals surface area contributed by atoms with E-state index in [1.807, 2.05) is 44.7 Å². The molecular formula is C44H58N14O8S2. The van der Waals surface area contributed by atoms with Gasteiger partial charge in [-0.2, -0.15) is 10.2 Å². The minimum absolute atomic E-state index is 0.0737. The first kappa shape index (κ1) is 49.3. The van der Waals surface area contributed by atoms with Crippen molar-refractivity contribution < 1.29 is 37.1 Å². The van der Waals surface area contributed by atoms with E-state index >= 15 is 0 Å². The second-order valence-corrected chi connectivity index (χ2v) is 21.5. The van der Waals surface area contributed by atoms with Crippen LogP contribution in [0.2, 0.25) is 0 Å². The van der Waals surface area contributed by atoms with Crippen LogP contribution in [0.15, 0.2) is 59.6 Å². The van der Waals surface area contributed by atoms with Crippen LogP contribution in [0.3, 0.4) is 0 Å². The average Bonchev–Trinajstić information content (AvgIpc) is 4.08. The molecule has 8 rings (SSSR count). The van der Waals surface area contributed by atoms with Gasteiger partial charge in [0.15, 0.2) is 26.2 Å². The fourth-order valence-electron chi connectivity index (χ4n) is 7.75. The zero-order chi connectivity index (χ0) is 49.3. The zero-order valence-electron chi connectivity index (χ0n) is 39.9. The molecule has 8 heterocycles. The maximum absolute atomic E-state index is 13.2. The van der Waals surface area contributed by atoms with E-state index in [1.54, 1.807) is 78.0 Å². The minimum Gasteiger partial charge on any atom is -0.444 e. The van der Waals surface area contributed by atoms with Crippen molar-refractivity contribution in [1.82, 2.24) is 68.7 Å². The van der Waals surface area contributed by atoms with Crippen LogP contribution in [0.4, 0.5) is 9.59 Å². The highest BCUT2D eigenvalue weighted by atomic mass is 32.2. The molecule has 22 nitrogen and oxygen atoms in total. The Balaban J connectivity index is 0.000000202. The molecule has 2 fully saturated rings. The lowest BCUT2D eigenvalue weighted by atomic mass is 10.1. The maximum Gasteiger partial charge on any atom is 0.410 e. The second-order valence-electron chi connectivity index (χ2n) is 18.8. The lowest BCUT2D eigenvalue weighted by Crippen LogP contribution is -2.50. The molecule has 6 aromatic heterocycles. The third-order valence-electron chi connectivity index (χ3n) is 10.8. The number of likely N-dealkylation sites (tertiary alicyclic amines) is 2. The molecule has 6 aromatic rings. The van der Waals surface area contributed by atoms with E-state index in [9.17, 15) is 27.6 Å². The number of fused-ring (bicyclic) bond motifs is 2. The van der Waals surface area contributed by atoms with Crippen LogP contribution in [-0.4, -0.2) is 152 Å². The molecule has 2 saturated heterocycles. The zero-order valence-corrected chi connectivity index (χ0v) is 41.5. The van der Waals surface area contributed by atoms with Crippen molar-refractivity contribution in [2.24, 2.45) is 14.1 Å². The van der Waals surface area contributed by atoms with Crippen LogP contribution in [0.5, 0.6) is 0 Å². The maximum atomic E-state index is 13.2. The summed E-state index contributed by atoms with van der Waals surface area (Å²) in [5.74, 6) is -0.826. The number of sulfone groups is 1. The lowest BCUT2D eigenvalue weighted by Gasteiger charge is -2.34. The van der Waals surface area contributed by atoms with E-state index in [0.29, 0.717) is 60.1 Å². The third kappa shape index (κ3) is 11.8. The van der Waals surface area contributed by atoms with E-state index in [2.05, 4.69) is 40.8 Å². The molecule has 2 unspecified atom stereocenters.